The zero-order valence-corrected chi connectivity index (χ0v) is 16.8. The lowest BCUT2D eigenvalue weighted by atomic mass is 9.87. The van der Waals surface area contributed by atoms with Gasteiger partial charge in [-0.2, -0.15) is 0 Å². The molecule has 0 saturated heterocycles. The van der Waals surface area contributed by atoms with E-state index in [4.69, 9.17) is 11.6 Å². The van der Waals surface area contributed by atoms with Gasteiger partial charge in [0.1, 0.15) is 11.4 Å². The maximum atomic E-state index is 12.9. The fourth-order valence-electron chi connectivity index (χ4n) is 3.03. The minimum atomic E-state index is -0.492. The smallest absolute Gasteiger partial charge is 0.255 e. The van der Waals surface area contributed by atoms with Crippen LogP contribution >= 0.6 is 11.6 Å². The third-order valence-corrected chi connectivity index (χ3v) is 4.85. The number of benzene rings is 2. The second-order valence-electron chi connectivity index (χ2n) is 7.70. The molecule has 3 rings (SSSR count). The number of halogens is 1. The van der Waals surface area contributed by atoms with Gasteiger partial charge in [0.05, 0.1) is 15.9 Å². The summed E-state index contributed by atoms with van der Waals surface area (Å²) in [4.78, 5) is 39.1. The molecular formula is C21H21ClN3O3+. The van der Waals surface area contributed by atoms with Crippen molar-refractivity contribution in [1.82, 2.24) is 4.98 Å². The summed E-state index contributed by atoms with van der Waals surface area (Å²) in [7, 11) is 0. The zero-order valence-electron chi connectivity index (χ0n) is 16.1. The number of nitrogens with one attached hydrogen (secondary N) is 3. The maximum Gasteiger partial charge on any atom is 0.255 e. The number of aromatic nitrogens is 1. The standard InChI is InChI=1S/C21H20ClN3O3/c1-11(26)17-19(27)15-9-14(25-28)10-16(22)18(15)24-20(17)23-13-7-5-12(6-8-13)21(2,3)4/h5-10H,1-4H3,(H2,23,24,27)/p+1. The first-order valence-corrected chi connectivity index (χ1v) is 9.16. The van der Waals surface area contributed by atoms with Crippen LogP contribution in [-0.2, 0) is 5.41 Å². The van der Waals surface area contributed by atoms with Crippen LogP contribution in [0.2, 0.25) is 5.02 Å². The Hall–Kier alpha value is -2.99. The number of carbonyl (C=O) groups excluding carboxylic acids is 1. The van der Waals surface area contributed by atoms with Crippen LogP contribution < -0.4 is 15.9 Å². The highest BCUT2D eigenvalue weighted by atomic mass is 35.5. The van der Waals surface area contributed by atoms with Crippen LogP contribution in [0.5, 0.6) is 0 Å². The summed E-state index contributed by atoms with van der Waals surface area (Å²) in [5.41, 5.74) is 1.89. The van der Waals surface area contributed by atoms with Crippen LogP contribution in [0.3, 0.4) is 0 Å². The number of rotatable bonds is 4. The van der Waals surface area contributed by atoms with Crippen molar-refractivity contribution in [1.29, 1.82) is 0 Å². The largest absolute Gasteiger partial charge is 0.341 e. The van der Waals surface area contributed by atoms with Crippen molar-refractivity contribution in [2.24, 2.45) is 0 Å². The Labute approximate surface area is 166 Å². The predicted molar refractivity (Wildman–Crippen MR) is 112 cm³/mol. The lowest BCUT2D eigenvalue weighted by Crippen LogP contribution is -2.55. The Morgan fingerprint density at radius 2 is 1.79 bits per heavy atom. The minimum absolute atomic E-state index is 0.0150. The molecule has 0 aliphatic heterocycles. The Balaban J connectivity index is 2.16. The van der Waals surface area contributed by atoms with Crippen LogP contribution in [0.25, 0.3) is 10.9 Å². The molecular weight excluding hydrogens is 378 g/mol. The summed E-state index contributed by atoms with van der Waals surface area (Å²) < 4.78 is 0. The SMILES string of the molecule is CC(=O)c1c(Nc2ccc(C(C)(C)C)cc2)[nH]c2c(Cl)cc([NH+]=O)cc2c1=O. The third kappa shape index (κ3) is 3.68. The molecule has 1 aromatic heterocycles. The first-order chi connectivity index (χ1) is 13.1. The summed E-state index contributed by atoms with van der Waals surface area (Å²) in [6.07, 6.45) is 0. The second kappa shape index (κ2) is 7.20. The Morgan fingerprint density at radius 1 is 1.14 bits per heavy atom. The summed E-state index contributed by atoms with van der Waals surface area (Å²) in [6, 6.07) is 10.6. The van der Waals surface area contributed by atoms with Gasteiger partial charge in [0.2, 0.25) is 5.43 Å². The van der Waals surface area contributed by atoms with E-state index >= 15 is 0 Å². The highest BCUT2D eigenvalue weighted by Gasteiger charge is 2.20. The first kappa shape index (κ1) is 19.8. The highest BCUT2D eigenvalue weighted by Crippen LogP contribution is 2.28. The lowest BCUT2D eigenvalue weighted by molar-refractivity contribution is -0.379. The maximum absolute atomic E-state index is 12.9. The summed E-state index contributed by atoms with van der Waals surface area (Å²) in [5, 5.41) is 5.20. The Kier molecular flexibility index (Phi) is 5.08. The van der Waals surface area contributed by atoms with Crippen LogP contribution in [-0.4, -0.2) is 10.8 Å². The van der Waals surface area contributed by atoms with Crippen molar-refractivity contribution in [3.8, 4) is 0 Å². The molecule has 0 saturated carbocycles. The molecule has 0 radical (unpaired) electrons. The minimum Gasteiger partial charge on any atom is -0.341 e. The van der Waals surface area contributed by atoms with Gasteiger partial charge in [0.15, 0.2) is 5.78 Å². The summed E-state index contributed by atoms with van der Waals surface area (Å²) in [6.45, 7) is 7.69. The van der Waals surface area contributed by atoms with E-state index in [2.05, 4.69) is 31.1 Å². The Bertz CT molecular complexity index is 1140. The van der Waals surface area contributed by atoms with Crippen molar-refractivity contribution in [3.63, 3.8) is 0 Å². The molecule has 2 aromatic carbocycles. The number of hydrogen-bond donors (Lipinski definition) is 3. The third-order valence-electron chi connectivity index (χ3n) is 4.55. The lowest BCUT2D eigenvalue weighted by Gasteiger charge is -2.19. The molecule has 0 fully saturated rings. The summed E-state index contributed by atoms with van der Waals surface area (Å²) >= 11 is 6.23. The quantitative estimate of drug-likeness (QED) is 0.581. The molecule has 0 amide bonds. The van der Waals surface area contributed by atoms with E-state index in [1.807, 2.05) is 24.3 Å². The van der Waals surface area contributed by atoms with E-state index in [0.29, 0.717) is 5.52 Å². The topological polar surface area (TPSA) is 93.0 Å². The number of ketones is 1. The number of carbonyl (C=O) groups is 1. The van der Waals surface area contributed by atoms with Crippen LogP contribution in [0.4, 0.5) is 17.2 Å². The molecule has 28 heavy (non-hydrogen) atoms. The number of pyridine rings is 1. The van der Waals surface area contributed by atoms with E-state index < -0.39 is 11.2 Å². The van der Waals surface area contributed by atoms with Crippen molar-refractivity contribution < 1.29 is 9.97 Å². The van der Waals surface area contributed by atoms with Crippen molar-refractivity contribution >= 4 is 45.5 Å². The summed E-state index contributed by atoms with van der Waals surface area (Å²) in [5.74, 6) is -0.133. The van der Waals surface area contributed by atoms with Gasteiger partial charge < -0.3 is 10.3 Å². The van der Waals surface area contributed by atoms with Crippen LogP contribution in [0.15, 0.2) is 41.2 Å². The van der Waals surface area contributed by atoms with Gasteiger partial charge in [-0.3, -0.25) is 9.59 Å². The predicted octanol–water partition coefficient (Wildman–Crippen LogP) is 3.90. The number of aromatic amines is 1. The van der Waals surface area contributed by atoms with Gasteiger partial charge in [0.25, 0.3) is 5.69 Å². The molecule has 3 N–H and O–H groups in total. The molecule has 0 spiro atoms. The normalized spacial score (nSPS) is 11.5. The van der Waals surface area contributed by atoms with Gasteiger partial charge in [-0.15, -0.1) is 0 Å². The van der Waals surface area contributed by atoms with Crippen molar-refractivity contribution in [2.45, 2.75) is 33.1 Å². The van der Waals surface area contributed by atoms with Crippen molar-refractivity contribution in [2.75, 3.05) is 5.32 Å². The number of H-pyrrole nitrogens is 1. The number of anilines is 2. The van der Waals surface area contributed by atoms with Crippen LogP contribution in [0.1, 0.15) is 43.6 Å². The fourth-order valence-corrected chi connectivity index (χ4v) is 3.30. The van der Waals surface area contributed by atoms with Gasteiger partial charge in [-0.25, -0.2) is 0 Å². The molecule has 144 valence electrons. The number of Topliss-reactive ketones (excluding diaryl/α,β-unsaturated/α-hetero) is 1. The Morgan fingerprint density at radius 3 is 2.32 bits per heavy atom. The van der Waals surface area contributed by atoms with E-state index in [-0.39, 0.29) is 32.9 Å². The molecule has 0 unspecified atom stereocenters. The second-order valence-corrected chi connectivity index (χ2v) is 8.10. The molecule has 0 bridgehead atoms. The van der Waals surface area contributed by atoms with E-state index in [1.54, 1.807) is 5.18 Å². The average Bonchev–Trinajstić information content (AvgIpc) is 2.62. The molecule has 0 aliphatic carbocycles. The molecule has 6 nitrogen and oxygen atoms in total. The molecule has 0 atom stereocenters. The molecule has 1 heterocycles. The van der Waals surface area contributed by atoms with Gasteiger partial charge in [0, 0.05) is 27.9 Å². The monoisotopic (exact) mass is 398 g/mol. The average molecular weight is 399 g/mol. The van der Waals surface area contributed by atoms with Gasteiger partial charge in [-0.05, 0) is 30.0 Å². The fraction of sp³-hybridized carbons (Fsp3) is 0.238. The van der Waals surface area contributed by atoms with Crippen molar-refractivity contribution in [3.05, 3.63) is 67.7 Å². The zero-order chi connectivity index (χ0) is 20.6. The van der Waals surface area contributed by atoms with Gasteiger partial charge in [-0.1, -0.05) is 44.5 Å². The first-order valence-electron chi connectivity index (χ1n) is 8.78. The molecule has 7 heteroatoms. The number of fused-ring (bicyclic) bond motifs is 1. The number of nitroso groups, excluding NO2 is 1. The van der Waals surface area contributed by atoms with Gasteiger partial charge >= 0.3 is 0 Å². The number of hydrogen-bond acceptors (Lipinski definition) is 4. The highest BCUT2D eigenvalue weighted by molar-refractivity contribution is 6.35. The molecule has 3 aromatic rings. The van der Waals surface area contributed by atoms with E-state index in [1.165, 1.54) is 19.1 Å². The molecule has 0 aliphatic rings. The van der Waals surface area contributed by atoms with Crippen LogP contribution in [0, 0.1) is 4.91 Å². The van der Waals surface area contributed by atoms with E-state index in [0.717, 1.165) is 11.3 Å². The van der Waals surface area contributed by atoms with E-state index in [9.17, 15) is 14.5 Å².